The van der Waals surface area contributed by atoms with E-state index >= 15 is 0 Å². The molecule has 0 bridgehead atoms. The summed E-state index contributed by atoms with van der Waals surface area (Å²) in [4.78, 5) is 13.4. The lowest BCUT2D eigenvalue weighted by molar-refractivity contribution is -0.138. The first-order valence-electron chi connectivity index (χ1n) is 5.00. The Morgan fingerprint density at radius 1 is 1.41 bits per heavy atom. The van der Waals surface area contributed by atoms with E-state index in [-0.39, 0.29) is 18.1 Å². The molecule has 6 N–H and O–H groups in total. The molecule has 0 fully saturated rings. The maximum atomic E-state index is 10.7. The van der Waals surface area contributed by atoms with Gasteiger partial charge in [-0.2, -0.15) is 0 Å². The Bertz CT molecular complexity index is 576. The van der Waals surface area contributed by atoms with Crippen LogP contribution in [0, 0.1) is 0 Å². The molecule has 1 aromatic carbocycles. The van der Waals surface area contributed by atoms with Crippen LogP contribution >= 0.6 is 0 Å². The van der Waals surface area contributed by atoms with Crippen molar-refractivity contribution in [1.29, 1.82) is 0 Å². The number of carbonyl (C=O) groups is 1. The number of carboxylic acids is 1. The van der Waals surface area contributed by atoms with E-state index in [1.165, 1.54) is 12.1 Å². The predicted octanol–water partition coefficient (Wildman–Crippen LogP) is 0.533. The van der Waals surface area contributed by atoms with E-state index in [1.54, 1.807) is 6.07 Å². The highest BCUT2D eigenvalue weighted by atomic mass is 16.4. The van der Waals surface area contributed by atoms with Crippen molar-refractivity contribution < 1.29 is 20.1 Å². The number of phenols is 1. The highest BCUT2D eigenvalue weighted by Gasteiger charge is 2.18. The van der Waals surface area contributed by atoms with E-state index in [4.69, 9.17) is 10.8 Å². The summed E-state index contributed by atoms with van der Waals surface area (Å²) in [6.45, 7) is 0. The second-order valence-corrected chi connectivity index (χ2v) is 3.83. The van der Waals surface area contributed by atoms with Gasteiger partial charge in [-0.05, 0) is 18.2 Å². The number of benzene rings is 1. The Morgan fingerprint density at radius 3 is 2.76 bits per heavy atom. The van der Waals surface area contributed by atoms with Crippen LogP contribution in [0.25, 0.3) is 10.9 Å². The van der Waals surface area contributed by atoms with Gasteiger partial charge in [0.25, 0.3) is 0 Å². The van der Waals surface area contributed by atoms with Gasteiger partial charge in [-0.25, -0.2) is 0 Å². The van der Waals surface area contributed by atoms with Crippen LogP contribution < -0.4 is 5.73 Å². The van der Waals surface area contributed by atoms with E-state index in [0.717, 1.165) is 0 Å². The van der Waals surface area contributed by atoms with Crippen molar-refractivity contribution in [3.63, 3.8) is 0 Å². The third-order valence-electron chi connectivity index (χ3n) is 2.61. The van der Waals surface area contributed by atoms with Crippen LogP contribution in [0.2, 0.25) is 0 Å². The molecule has 0 spiro atoms. The zero-order chi connectivity index (χ0) is 12.6. The highest BCUT2D eigenvalue weighted by Crippen LogP contribution is 2.30. The Labute approximate surface area is 96.3 Å². The summed E-state index contributed by atoms with van der Waals surface area (Å²) in [6.07, 6.45) is -0.00931. The van der Waals surface area contributed by atoms with E-state index in [1.807, 2.05) is 0 Å². The molecular formula is C11H12N2O4. The molecule has 2 aromatic rings. The van der Waals surface area contributed by atoms with Gasteiger partial charge in [0.1, 0.15) is 11.8 Å². The Morgan fingerprint density at radius 2 is 2.12 bits per heavy atom. The van der Waals surface area contributed by atoms with E-state index in [2.05, 4.69) is 4.98 Å². The molecular weight excluding hydrogens is 224 g/mol. The smallest absolute Gasteiger partial charge is 0.320 e. The number of fused-ring (bicyclic) bond motifs is 1. The number of phenolic OH excluding ortho intramolecular Hbond substituents is 1. The summed E-state index contributed by atoms with van der Waals surface area (Å²) < 4.78 is 0. The van der Waals surface area contributed by atoms with Crippen molar-refractivity contribution in [2.45, 2.75) is 12.5 Å². The van der Waals surface area contributed by atoms with Gasteiger partial charge < -0.3 is 26.0 Å². The fourth-order valence-electron chi connectivity index (χ4n) is 1.74. The first-order valence-corrected chi connectivity index (χ1v) is 5.00. The van der Waals surface area contributed by atoms with E-state index in [0.29, 0.717) is 16.5 Å². The van der Waals surface area contributed by atoms with Crippen molar-refractivity contribution in [3.05, 3.63) is 23.8 Å². The maximum Gasteiger partial charge on any atom is 0.320 e. The number of aliphatic carboxylic acids is 1. The number of rotatable bonds is 3. The van der Waals surface area contributed by atoms with Crippen molar-refractivity contribution in [1.82, 2.24) is 4.98 Å². The lowest BCUT2D eigenvalue weighted by Gasteiger charge is -2.05. The molecule has 0 aliphatic rings. The van der Waals surface area contributed by atoms with Crippen LogP contribution in [-0.4, -0.2) is 32.3 Å². The summed E-state index contributed by atoms with van der Waals surface area (Å²) in [6, 6.07) is 3.43. The summed E-state index contributed by atoms with van der Waals surface area (Å²) in [7, 11) is 0. The molecule has 17 heavy (non-hydrogen) atoms. The first kappa shape index (κ1) is 11.3. The normalized spacial score (nSPS) is 12.8. The summed E-state index contributed by atoms with van der Waals surface area (Å²) in [5, 5.41) is 28.3. The molecule has 0 saturated carbocycles. The molecule has 1 heterocycles. The van der Waals surface area contributed by atoms with E-state index < -0.39 is 12.0 Å². The van der Waals surface area contributed by atoms with Gasteiger partial charge in [0.2, 0.25) is 0 Å². The Hall–Kier alpha value is -2.21. The lowest BCUT2D eigenvalue weighted by atomic mass is 10.1. The molecule has 0 amide bonds. The van der Waals surface area contributed by atoms with Crippen LogP contribution in [0.4, 0.5) is 0 Å². The quantitative estimate of drug-likeness (QED) is 0.532. The fourth-order valence-corrected chi connectivity index (χ4v) is 1.74. The number of carboxylic acid groups (broad SMARTS) is 1. The molecule has 2 rings (SSSR count). The summed E-state index contributed by atoms with van der Waals surface area (Å²) in [5.74, 6) is -1.22. The molecule has 0 saturated heterocycles. The third-order valence-corrected chi connectivity index (χ3v) is 2.61. The minimum Gasteiger partial charge on any atom is -0.508 e. The predicted molar refractivity (Wildman–Crippen MR) is 60.9 cm³/mol. The molecule has 1 unspecified atom stereocenters. The first-order chi connectivity index (χ1) is 7.99. The average Bonchev–Trinajstić information content (AvgIpc) is 2.55. The molecule has 6 nitrogen and oxygen atoms in total. The third kappa shape index (κ3) is 2.02. The van der Waals surface area contributed by atoms with Crippen LogP contribution in [0.15, 0.2) is 18.2 Å². The van der Waals surface area contributed by atoms with Crippen molar-refractivity contribution in [2.24, 2.45) is 5.73 Å². The van der Waals surface area contributed by atoms with Gasteiger partial charge in [0.15, 0.2) is 5.88 Å². The number of H-pyrrole nitrogens is 1. The number of aromatic hydroxyl groups is 2. The average molecular weight is 236 g/mol. The zero-order valence-corrected chi connectivity index (χ0v) is 8.84. The van der Waals surface area contributed by atoms with Crippen LogP contribution in [0.5, 0.6) is 11.6 Å². The maximum absolute atomic E-state index is 10.7. The van der Waals surface area contributed by atoms with Gasteiger partial charge in [-0.3, -0.25) is 4.79 Å². The van der Waals surface area contributed by atoms with Gasteiger partial charge in [0, 0.05) is 22.9 Å². The van der Waals surface area contributed by atoms with Crippen LogP contribution in [0.3, 0.4) is 0 Å². The zero-order valence-electron chi connectivity index (χ0n) is 8.84. The Balaban J connectivity index is 2.48. The largest absolute Gasteiger partial charge is 0.508 e. The Kier molecular flexibility index (Phi) is 2.64. The molecule has 90 valence electrons. The van der Waals surface area contributed by atoms with Crippen molar-refractivity contribution >= 4 is 16.9 Å². The van der Waals surface area contributed by atoms with Crippen molar-refractivity contribution in [3.8, 4) is 11.6 Å². The molecule has 0 aliphatic carbocycles. The van der Waals surface area contributed by atoms with E-state index in [9.17, 15) is 15.0 Å². The topological polar surface area (TPSA) is 120 Å². The molecule has 0 radical (unpaired) electrons. The number of nitrogens with one attached hydrogen (secondary N) is 1. The van der Waals surface area contributed by atoms with Crippen LogP contribution in [-0.2, 0) is 11.2 Å². The summed E-state index contributed by atoms with van der Waals surface area (Å²) >= 11 is 0. The van der Waals surface area contributed by atoms with Gasteiger partial charge in [-0.1, -0.05) is 0 Å². The van der Waals surface area contributed by atoms with Crippen molar-refractivity contribution in [2.75, 3.05) is 0 Å². The number of nitrogens with two attached hydrogens (primary N) is 1. The minimum absolute atomic E-state index is 0.00931. The van der Waals surface area contributed by atoms with Crippen LogP contribution in [0.1, 0.15) is 5.56 Å². The second-order valence-electron chi connectivity index (χ2n) is 3.83. The fraction of sp³-hybridized carbons (Fsp3) is 0.182. The summed E-state index contributed by atoms with van der Waals surface area (Å²) in [5.41, 5.74) is 6.43. The number of hydrogen-bond donors (Lipinski definition) is 5. The molecule has 0 aliphatic heterocycles. The number of aromatic amines is 1. The van der Waals surface area contributed by atoms with Gasteiger partial charge >= 0.3 is 5.97 Å². The molecule has 1 atom stereocenters. The SMILES string of the molecule is NC(Cc1c(O)[nH]c2ccc(O)cc12)C(=O)O. The molecule has 1 aromatic heterocycles. The minimum atomic E-state index is -1.14. The molecule has 6 heteroatoms. The standard InChI is InChI=1S/C11H12N2O4/c12-8(11(16)17)4-7-6-3-5(14)1-2-9(6)13-10(7)15/h1-3,8,13-15H,4,12H2,(H,16,17). The second kappa shape index (κ2) is 3.99. The van der Waals surface area contributed by atoms with Gasteiger partial charge in [-0.15, -0.1) is 0 Å². The number of hydrogen-bond acceptors (Lipinski definition) is 4. The highest BCUT2D eigenvalue weighted by molar-refractivity contribution is 5.88. The lowest BCUT2D eigenvalue weighted by Crippen LogP contribution is -2.32. The van der Waals surface area contributed by atoms with Gasteiger partial charge in [0.05, 0.1) is 0 Å². The monoisotopic (exact) mass is 236 g/mol. The number of aromatic nitrogens is 1.